The maximum absolute atomic E-state index is 9.24. The van der Waals surface area contributed by atoms with Crippen LogP contribution in [0.15, 0.2) is 24.3 Å². The van der Waals surface area contributed by atoms with Crippen LogP contribution in [-0.2, 0) is 5.41 Å². The van der Waals surface area contributed by atoms with Crippen molar-refractivity contribution in [3.63, 3.8) is 0 Å². The Morgan fingerprint density at radius 1 is 1.15 bits per heavy atom. The van der Waals surface area contributed by atoms with E-state index in [4.69, 9.17) is 4.74 Å². The minimum absolute atomic E-state index is 0.180. The van der Waals surface area contributed by atoms with Gasteiger partial charge in [-0.3, -0.25) is 0 Å². The number of hydrogen-bond acceptors (Lipinski definition) is 3. The molecule has 0 saturated carbocycles. The third-order valence-electron chi connectivity index (χ3n) is 3.39. The van der Waals surface area contributed by atoms with Crippen LogP contribution in [0, 0.1) is 0 Å². The topological polar surface area (TPSA) is 32.7 Å². The summed E-state index contributed by atoms with van der Waals surface area (Å²) in [6, 6.07) is 8.34. The van der Waals surface area contributed by atoms with Crippen molar-refractivity contribution in [2.45, 2.75) is 45.6 Å². The van der Waals surface area contributed by atoms with Crippen molar-refractivity contribution in [2.75, 3.05) is 26.7 Å². The summed E-state index contributed by atoms with van der Waals surface area (Å²) in [7, 11) is 2.05. The van der Waals surface area contributed by atoms with E-state index in [0.717, 1.165) is 25.3 Å². The number of hydrogen-bond donors (Lipinski definition) is 1. The SMILES string of the molecule is CC(O)CCN(C)CCOc1ccc(C(C)(C)C)cc1. The molecule has 1 rings (SSSR count). The summed E-state index contributed by atoms with van der Waals surface area (Å²) in [5, 5.41) is 9.24. The molecule has 0 radical (unpaired) electrons. The van der Waals surface area contributed by atoms with Gasteiger partial charge in [0.05, 0.1) is 6.10 Å². The van der Waals surface area contributed by atoms with Gasteiger partial charge in [-0.25, -0.2) is 0 Å². The zero-order chi connectivity index (χ0) is 15.2. The normalized spacial score (nSPS) is 13.6. The fraction of sp³-hybridized carbons (Fsp3) is 0.647. The number of benzene rings is 1. The first kappa shape index (κ1) is 17.0. The van der Waals surface area contributed by atoms with E-state index in [1.165, 1.54) is 5.56 Å². The van der Waals surface area contributed by atoms with Gasteiger partial charge in [-0.15, -0.1) is 0 Å². The number of likely N-dealkylation sites (N-methyl/N-ethyl adjacent to an activating group) is 1. The van der Waals surface area contributed by atoms with E-state index < -0.39 is 0 Å². The Morgan fingerprint density at radius 2 is 1.75 bits per heavy atom. The average Bonchev–Trinajstić information content (AvgIpc) is 2.36. The molecule has 1 atom stereocenters. The molecule has 0 amide bonds. The molecule has 3 heteroatoms. The molecule has 1 unspecified atom stereocenters. The Bertz CT molecular complexity index is 379. The van der Waals surface area contributed by atoms with E-state index in [-0.39, 0.29) is 11.5 Å². The fourth-order valence-electron chi connectivity index (χ4n) is 1.89. The van der Waals surface area contributed by atoms with Crippen molar-refractivity contribution in [1.29, 1.82) is 0 Å². The van der Waals surface area contributed by atoms with Crippen molar-refractivity contribution < 1.29 is 9.84 Å². The molecule has 0 aliphatic heterocycles. The lowest BCUT2D eigenvalue weighted by atomic mass is 9.87. The van der Waals surface area contributed by atoms with Crippen molar-refractivity contribution >= 4 is 0 Å². The molecule has 1 aromatic carbocycles. The Morgan fingerprint density at radius 3 is 2.25 bits per heavy atom. The summed E-state index contributed by atoms with van der Waals surface area (Å²) >= 11 is 0. The van der Waals surface area contributed by atoms with Gasteiger partial charge < -0.3 is 14.7 Å². The lowest BCUT2D eigenvalue weighted by Gasteiger charge is -2.20. The lowest BCUT2D eigenvalue weighted by Crippen LogP contribution is -2.27. The van der Waals surface area contributed by atoms with Gasteiger partial charge in [0, 0.05) is 13.1 Å². The first-order valence-electron chi connectivity index (χ1n) is 7.39. The highest BCUT2D eigenvalue weighted by atomic mass is 16.5. The molecule has 0 spiro atoms. The third kappa shape index (κ3) is 6.40. The maximum Gasteiger partial charge on any atom is 0.119 e. The van der Waals surface area contributed by atoms with Gasteiger partial charge in [-0.1, -0.05) is 32.9 Å². The van der Waals surface area contributed by atoms with Gasteiger partial charge in [0.2, 0.25) is 0 Å². The Hall–Kier alpha value is -1.06. The molecule has 0 heterocycles. The molecule has 0 aliphatic rings. The standard InChI is InChI=1S/C17H29NO2/c1-14(19)10-11-18(5)12-13-20-16-8-6-15(7-9-16)17(2,3)4/h6-9,14,19H,10-13H2,1-5H3. The molecule has 114 valence electrons. The number of rotatable bonds is 7. The van der Waals surface area contributed by atoms with E-state index in [1.807, 2.05) is 19.1 Å². The summed E-state index contributed by atoms with van der Waals surface area (Å²) in [4.78, 5) is 2.18. The van der Waals surface area contributed by atoms with Gasteiger partial charge in [0.15, 0.2) is 0 Å². The zero-order valence-electron chi connectivity index (χ0n) is 13.5. The minimum Gasteiger partial charge on any atom is -0.492 e. The van der Waals surface area contributed by atoms with Gasteiger partial charge in [-0.2, -0.15) is 0 Å². The molecule has 0 aliphatic carbocycles. The second kappa shape index (κ2) is 7.65. The van der Waals surface area contributed by atoms with Gasteiger partial charge in [0.1, 0.15) is 12.4 Å². The maximum atomic E-state index is 9.24. The zero-order valence-corrected chi connectivity index (χ0v) is 13.5. The van der Waals surface area contributed by atoms with E-state index in [1.54, 1.807) is 0 Å². The molecule has 0 fully saturated rings. The highest BCUT2D eigenvalue weighted by Crippen LogP contribution is 2.24. The minimum atomic E-state index is -0.233. The quantitative estimate of drug-likeness (QED) is 0.832. The molecule has 1 aromatic rings. The van der Waals surface area contributed by atoms with Gasteiger partial charge in [-0.05, 0) is 43.5 Å². The summed E-state index contributed by atoms with van der Waals surface area (Å²) in [5.74, 6) is 0.918. The monoisotopic (exact) mass is 279 g/mol. The number of ether oxygens (including phenoxy) is 1. The van der Waals surface area contributed by atoms with Crippen LogP contribution in [-0.4, -0.2) is 42.9 Å². The molecular formula is C17H29NO2. The van der Waals surface area contributed by atoms with Crippen LogP contribution < -0.4 is 4.74 Å². The Kier molecular flexibility index (Phi) is 6.50. The fourth-order valence-corrected chi connectivity index (χ4v) is 1.89. The van der Waals surface area contributed by atoms with Crippen LogP contribution in [0.5, 0.6) is 5.75 Å². The van der Waals surface area contributed by atoms with Crippen molar-refractivity contribution in [3.8, 4) is 5.75 Å². The number of aliphatic hydroxyl groups is 1. The summed E-state index contributed by atoms with van der Waals surface area (Å²) in [5.41, 5.74) is 1.50. The smallest absolute Gasteiger partial charge is 0.119 e. The predicted molar refractivity (Wildman–Crippen MR) is 84.4 cm³/mol. The van der Waals surface area contributed by atoms with Crippen LogP contribution in [0.25, 0.3) is 0 Å². The van der Waals surface area contributed by atoms with Gasteiger partial charge in [0.25, 0.3) is 0 Å². The first-order chi connectivity index (χ1) is 9.29. The molecule has 0 saturated heterocycles. The van der Waals surface area contributed by atoms with Crippen LogP contribution >= 0.6 is 0 Å². The predicted octanol–water partition coefficient (Wildman–Crippen LogP) is 3.07. The van der Waals surface area contributed by atoms with E-state index >= 15 is 0 Å². The molecule has 1 N–H and O–H groups in total. The van der Waals surface area contributed by atoms with Crippen LogP contribution in [0.4, 0.5) is 0 Å². The second-order valence-electron chi connectivity index (χ2n) is 6.56. The summed E-state index contributed by atoms with van der Waals surface area (Å²) in [6.45, 7) is 10.9. The summed E-state index contributed by atoms with van der Waals surface area (Å²) < 4.78 is 5.75. The second-order valence-corrected chi connectivity index (χ2v) is 6.56. The molecule has 0 aromatic heterocycles. The molecule has 20 heavy (non-hydrogen) atoms. The van der Waals surface area contributed by atoms with Crippen LogP contribution in [0.3, 0.4) is 0 Å². The largest absolute Gasteiger partial charge is 0.492 e. The first-order valence-corrected chi connectivity index (χ1v) is 7.39. The van der Waals surface area contributed by atoms with Crippen molar-refractivity contribution in [3.05, 3.63) is 29.8 Å². The highest BCUT2D eigenvalue weighted by molar-refractivity contribution is 5.31. The lowest BCUT2D eigenvalue weighted by molar-refractivity contribution is 0.157. The highest BCUT2D eigenvalue weighted by Gasteiger charge is 2.12. The van der Waals surface area contributed by atoms with Gasteiger partial charge >= 0.3 is 0 Å². The summed E-state index contributed by atoms with van der Waals surface area (Å²) in [6.07, 6.45) is 0.569. The number of nitrogens with zero attached hydrogens (tertiary/aromatic N) is 1. The molecular weight excluding hydrogens is 250 g/mol. The molecule has 0 bridgehead atoms. The van der Waals surface area contributed by atoms with E-state index in [2.05, 4.69) is 44.9 Å². The van der Waals surface area contributed by atoms with E-state index in [0.29, 0.717) is 6.61 Å². The van der Waals surface area contributed by atoms with Crippen molar-refractivity contribution in [1.82, 2.24) is 4.90 Å². The third-order valence-corrected chi connectivity index (χ3v) is 3.39. The Labute approximate surface area is 123 Å². The Balaban J connectivity index is 2.32. The van der Waals surface area contributed by atoms with Crippen LogP contribution in [0.1, 0.15) is 39.7 Å². The van der Waals surface area contributed by atoms with Crippen LogP contribution in [0.2, 0.25) is 0 Å². The number of aliphatic hydroxyl groups excluding tert-OH is 1. The molecule has 3 nitrogen and oxygen atoms in total. The average molecular weight is 279 g/mol. The van der Waals surface area contributed by atoms with E-state index in [9.17, 15) is 5.11 Å². The van der Waals surface area contributed by atoms with Crippen molar-refractivity contribution in [2.24, 2.45) is 0 Å².